The van der Waals surface area contributed by atoms with Gasteiger partial charge < -0.3 is 5.11 Å². The second-order valence-corrected chi connectivity index (χ2v) is 2.44. The summed E-state index contributed by atoms with van der Waals surface area (Å²) in [5.74, 6) is -1.24. The number of hydrogen-bond acceptors (Lipinski definition) is 1. The van der Waals surface area contributed by atoms with Crippen LogP contribution >= 0.6 is 0 Å². The number of carboxylic acid groups (broad SMARTS) is 1. The zero-order valence-corrected chi connectivity index (χ0v) is 6.64. The summed E-state index contributed by atoms with van der Waals surface area (Å²) in [5, 5.41) is 8.31. The fourth-order valence-electron chi connectivity index (χ4n) is 0.692. The Balaban J connectivity index is 3.73. The molecule has 0 saturated heterocycles. The number of unbranched alkanes of at least 4 members (excludes halogenated alkanes) is 1. The van der Waals surface area contributed by atoms with Crippen LogP contribution in [0.2, 0.25) is 0 Å². The summed E-state index contributed by atoms with van der Waals surface area (Å²) in [7, 11) is 0. The minimum atomic E-state index is -1.38. The van der Waals surface area contributed by atoms with Crippen molar-refractivity contribution in [2.75, 3.05) is 0 Å². The minimum absolute atomic E-state index is 0.266. The Morgan fingerprint density at radius 2 is 2.27 bits per heavy atom. The molecule has 0 bridgehead atoms. The van der Waals surface area contributed by atoms with Crippen LogP contribution in [0.1, 0.15) is 26.2 Å². The van der Waals surface area contributed by atoms with Crippen molar-refractivity contribution in [1.29, 1.82) is 0 Å². The molecule has 1 unspecified atom stereocenters. The van der Waals surface area contributed by atoms with E-state index in [-0.39, 0.29) is 12.0 Å². The van der Waals surface area contributed by atoms with E-state index in [0.29, 0.717) is 6.42 Å². The van der Waals surface area contributed by atoms with Gasteiger partial charge in [-0.05, 0) is 6.42 Å². The van der Waals surface area contributed by atoms with Gasteiger partial charge in [-0.1, -0.05) is 26.3 Å². The second-order valence-electron chi connectivity index (χ2n) is 2.44. The standard InChI is InChI=1S/C8H13FO2/c1-3-4-5-7(9)6(2)8(10)11/h7H,2-5H2,1H3,(H,10,11). The zero-order valence-electron chi connectivity index (χ0n) is 6.64. The third-order valence-electron chi connectivity index (χ3n) is 1.46. The van der Waals surface area contributed by atoms with Gasteiger partial charge in [-0.3, -0.25) is 0 Å². The fraction of sp³-hybridized carbons (Fsp3) is 0.625. The number of hydrogen-bond donors (Lipinski definition) is 1. The highest BCUT2D eigenvalue weighted by Gasteiger charge is 2.15. The first kappa shape index (κ1) is 10.1. The molecule has 1 atom stereocenters. The largest absolute Gasteiger partial charge is 0.478 e. The molecule has 3 heteroatoms. The van der Waals surface area contributed by atoms with Gasteiger partial charge in [-0.25, -0.2) is 9.18 Å². The lowest BCUT2D eigenvalue weighted by atomic mass is 10.1. The first-order chi connectivity index (χ1) is 5.09. The molecule has 0 aromatic heterocycles. The normalized spacial score (nSPS) is 12.5. The third-order valence-corrected chi connectivity index (χ3v) is 1.46. The Bertz CT molecular complexity index is 154. The number of alkyl halides is 1. The molecule has 0 aromatic carbocycles. The van der Waals surface area contributed by atoms with Crippen molar-refractivity contribution in [3.63, 3.8) is 0 Å². The van der Waals surface area contributed by atoms with E-state index in [1.807, 2.05) is 6.92 Å². The molecule has 0 saturated carbocycles. The Kier molecular flexibility index (Phi) is 4.50. The summed E-state index contributed by atoms with van der Waals surface area (Å²) in [4.78, 5) is 10.2. The van der Waals surface area contributed by atoms with Gasteiger partial charge in [0, 0.05) is 0 Å². The summed E-state index contributed by atoms with van der Waals surface area (Å²) in [6.45, 7) is 5.06. The molecule has 0 spiro atoms. The summed E-state index contributed by atoms with van der Waals surface area (Å²) in [5.41, 5.74) is -0.335. The van der Waals surface area contributed by atoms with Gasteiger partial charge in [0.1, 0.15) is 6.17 Å². The summed E-state index contributed by atoms with van der Waals surface area (Å²) in [6, 6.07) is 0. The van der Waals surface area contributed by atoms with Crippen LogP contribution in [-0.4, -0.2) is 17.2 Å². The lowest BCUT2D eigenvalue weighted by Gasteiger charge is -2.05. The number of carboxylic acids is 1. The smallest absolute Gasteiger partial charge is 0.333 e. The second kappa shape index (κ2) is 4.88. The van der Waals surface area contributed by atoms with Crippen molar-refractivity contribution >= 4 is 5.97 Å². The molecule has 0 aliphatic carbocycles. The SMILES string of the molecule is C=C(C(=O)O)C(F)CCCC. The molecule has 0 amide bonds. The molecular weight excluding hydrogens is 147 g/mol. The maximum atomic E-state index is 12.8. The molecule has 2 nitrogen and oxygen atoms in total. The van der Waals surface area contributed by atoms with Gasteiger partial charge in [-0.15, -0.1) is 0 Å². The topological polar surface area (TPSA) is 37.3 Å². The average Bonchev–Trinajstić information content (AvgIpc) is 1.98. The highest BCUT2D eigenvalue weighted by Crippen LogP contribution is 2.12. The van der Waals surface area contributed by atoms with E-state index in [1.54, 1.807) is 0 Å². The lowest BCUT2D eigenvalue weighted by molar-refractivity contribution is -0.133. The van der Waals surface area contributed by atoms with Crippen LogP contribution < -0.4 is 0 Å². The van der Waals surface area contributed by atoms with Gasteiger partial charge in [0.25, 0.3) is 0 Å². The zero-order chi connectivity index (χ0) is 8.85. The van der Waals surface area contributed by atoms with E-state index in [4.69, 9.17) is 5.11 Å². The van der Waals surface area contributed by atoms with Crippen molar-refractivity contribution in [2.24, 2.45) is 0 Å². The Labute approximate surface area is 65.7 Å². The predicted octanol–water partition coefficient (Wildman–Crippen LogP) is 2.16. The van der Waals surface area contributed by atoms with Crippen molar-refractivity contribution in [3.05, 3.63) is 12.2 Å². The van der Waals surface area contributed by atoms with E-state index in [2.05, 4.69) is 6.58 Å². The third kappa shape index (κ3) is 3.75. The Morgan fingerprint density at radius 3 is 2.64 bits per heavy atom. The molecule has 64 valence electrons. The lowest BCUT2D eigenvalue weighted by Crippen LogP contribution is -2.12. The van der Waals surface area contributed by atoms with Gasteiger partial charge in [-0.2, -0.15) is 0 Å². The van der Waals surface area contributed by atoms with Crippen molar-refractivity contribution in [2.45, 2.75) is 32.4 Å². The molecule has 11 heavy (non-hydrogen) atoms. The average molecular weight is 160 g/mol. The first-order valence-corrected chi connectivity index (χ1v) is 3.65. The first-order valence-electron chi connectivity index (χ1n) is 3.65. The molecule has 0 rings (SSSR count). The van der Waals surface area contributed by atoms with E-state index in [1.165, 1.54) is 0 Å². The quantitative estimate of drug-likeness (QED) is 0.626. The van der Waals surface area contributed by atoms with E-state index in [0.717, 1.165) is 6.42 Å². The maximum absolute atomic E-state index is 12.8. The summed E-state index contributed by atoms with van der Waals surface area (Å²) >= 11 is 0. The van der Waals surface area contributed by atoms with E-state index in [9.17, 15) is 9.18 Å². The number of aliphatic carboxylic acids is 1. The highest BCUT2D eigenvalue weighted by atomic mass is 19.1. The minimum Gasteiger partial charge on any atom is -0.478 e. The molecule has 0 aliphatic heterocycles. The van der Waals surface area contributed by atoms with E-state index < -0.39 is 12.1 Å². The fourth-order valence-corrected chi connectivity index (χ4v) is 0.692. The monoisotopic (exact) mass is 160 g/mol. The molecule has 0 fully saturated rings. The van der Waals surface area contributed by atoms with Crippen LogP contribution in [-0.2, 0) is 4.79 Å². The summed E-state index contributed by atoms with van der Waals surface area (Å²) in [6.07, 6.45) is 0.454. The van der Waals surface area contributed by atoms with Gasteiger partial charge in [0.15, 0.2) is 0 Å². The summed E-state index contributed by atoms with van der Waals surface area (Å²) < 4.78 is 12.8. The van der Waals surface area contributed by atoms with Crippen LogP contribution in [0.15, 0.2) is 12.2 Å². The van der Waals surface area contributed by atoms with Crippen molar-refractivity contribution in [3.8, 4) is 0 Å². The Hall–Kier alpha value is -0.860. The molecule has 1 N–H and O–H groups in total. The number of halogens is 1. The van der Waals surface area contributed by atoms with Crippen LogP contribution in [0.3, 0.4) is 0 Å². The highest BCUT2D eigenvalue weighted by molar-refractivity contribution is 5.86. The van der Waals surface area contributed by atoms with Crippen LogP contribution in [0.25, 0.3) is 0 Å². The number of carbonyl (C=O) groups is 1. The molecular formula is C8H13FO2. The van der Waals surface area contributed by atoms with Crippen LogP contribution in [0.5, 0.6) is 0 Å². The van der Waals surface area contributed by atoms with Crippen molar-refractivity contribution < 1.29 is 14.3 Å². The van der Waals surface area contributed by atoms with E-state index >= 15 is 0 Å². The van der Waals surface area contributed by atoms with Crippen molar-refractivity contribution in [1.82, 2.24) is 0 Å². The van der Waals surface area contributed by atoms with Gasteiger partial charge >= 0.3 is 5.97 Å². The number of rotatable bonds is 5. The van der Waals surface area contributed by atoms with Crippen LogP contribution in [0.4, 0.5) is 4.39 Å². The Morgan fingerprint density at radius 1 is 1.73 bits per heavy atom. The molecule has 0 heterocycles. The molecule has 0 aromatic rings. The molecule has 0 aliphatic rings. The van der Waals surface area contributed by atoms with Crippen LogP contribution in [0, 0.1) is 0 Å². The van der Waals surface area contributed by atoms with Gasteiger partial charge in [0.05, 0.1) is 5.57 Å². The maximum Gasteiger partial charge on any atom is 0.333 e. The molecule has 0 radical (unpaired) electrons. The predicted molar refractivity (Wildman–Crippen MR) is 41.2 cm³/mol. The van der Waals surface area contributed by atoms with Gasteiger partial charge in [0.2, 0.25) is 0 Å².